The summed E-state index contributed by atoms with van der Waals surface area (Å²) in [5.41, 5.74) is 3.29. The van der Waals surface area contributed by atoms with Crippen molar-refractivity contribution in [1.29, 1.82) is 0 Å². The van der Waals surface area contributed by atoms with Crippen molar-refractivity contribution in [3.05, 3.63) is 146 Å². The van der Waals surface area contributed by atoms with Crippen molar-refractivity contribution in [3.63, 3.8) is 0 Å². The third kappa shape index (κ3) is 23.5. The Hall–Kier alpha value is -7.39. The molecule has 22 nitrogen and oxygen atoms in total. The zero-order valence-electron chi connectivity index (χ0n) is 47.9. The largest absolute Gasteiger partial charge is 0.494 e. The van der Waals surface area contributed by atoms with Gasteiger partial charge in [0.15, 0.2) is 5.13 Å². The van der Waals surface area contributed by atoms with Crippen LogP contribution in [0.3, 0.4) is 0 Å². The summed E-state index contributed by atoms with van der Waals surface area (Å²) in [4.78, 5) is 78.3. The number of likely N-dealkylation sites (N-methyl/N-ethyl adjacent to an activating group) is 2. The highest BCUT2D eigenvalue weighted by atomic mass is 35.5. The Morgan fingerprint density at radius 2 is 1.46 bits per heavy atom. The lowest BCUT2D eigenvalue weighted by atomic mass is 10.0. The quantitative estimate of drug-likeness (QED) is 0.0304. The van der Waals surface area contributed by atoms with Crippen LogP contribution in [-0.2, 0) is 60.9 Å². The fraction of sp³-hybridized carbons (Fsp3) is 0.458. The first-order chi connectivity index (χ1) is 41.2. The van der Waals surface area contributed by atoms with Crippen LogP contribution in [0.4, 0.5) is 24.4 Å². The molecule has 3 aromatic heterocycles. The van der Waals surface area contributed by atoms with Crippen molar-refractivity contribution < 1.29 is 51.6 Å². The molecule has 0 bridgehead atoms. The van der Waals surface area contributed by atoms with Crippen LogP contribution < -0.4 is 31.0 Å². The first-order valence-corrected chi connectivity index (χ1v) is 29.5. The number of urea groups is 1. The first kappa shape index (κ1) is 65.2. The molecule has 1 fully saturated rings. The van der Waals surface area contributed by atoms with Crippen LogP contribution in [-0.4, -0.2) is 188 Å². The second-order valence-corrected chi connectivity index (χ2v) is 21.5. The van der Waals surface area contributed by atoms with Crippen molar-refractivity contribution in [2.45, 2.75) is 64.1 Å². The minimum atomic E-state index is -2.91. The fourth-order valence-electron chi connectivity index (χ4n) is 8.81. The smallest absolute Gasteiger partial charge is 0.325 e. The lowest BCUT2D eigenvalue weighted by Crippen LogP contribution is -2.47. The molecule has 1 saturated heterocycles. The van der Waals surface area contributed by atoms with Gasteiger partial charge in [0.25, 0.3) is 6.43 Å². The number of rotatable bonds is 36. The number of nitrogens with zero attached hydrogens (tertiary/aromatic N) is 8. The second kappa shape index (κ2) is 35.2. The van der Waals surface area contributed by atoms with Crippen LogP contribution >= 0.6 is 22.9 Å². The second-order valence-electron chi connectivity index (χ2n) is 20.2. The highest BCUT2D eigenvalue weighted by Crippen LogP contribution is 2.25. The third-order valence-electron chi connectivity index (χ3n) is 13.6. The summed E-state index contributed by atoms with van der Waals surface area (Å²) in [6, 6.07) is 21.7. The molecule has 4 N–H and O–H groups in total. The number of nitrogens with one attached hydrogen (secondary N) is 4. The number of pyridine rings is 1. The Morgan fingerprint density at radius 1 is 0.765 bits per heavy atom. The molecule has 85 heavy (non-hydrogen) atoms. The number of anilines is 2. The van der Waals surface area contributed by atoms with E-state index in [0.29, 0.717) is 112 Å². The number of H-pyrrole nitrogens is 1. The molecule has 0 saturated carbocycles. The number of aryl methyl sites for hydroxylation is 1. The van der Waals surface area contributed by atoms with Gasteiger partial charge in [-0.05, 0) is 106 Å². The van der Waals surface area contributed by atoms with Gasteiger partial charge in [0, 0.05) is 92.2 Å². The van der Waals surface area contributed by atoms with Gasteiger partial charge < -0.3 is 58.9 Å². The SMILES string of the molecule is CN(CCCCOc1ccc(CCC(=O)N(CC(F)F)C(C(=O)NCc2ccc(Cl)cc2)c2ccc(=O)[nH]c2)cc1)CCOCCOCCc1cn(CCOCCOc2ccc(NC(=O)Nc3nc(CC(=O)N4CCN(C)CC4)cs3)cc2)nn1. The summed E-state index contributed by atoms with van der Waals surface area (Å²) < 4.78 is 58.7. The highest BCUT2D eigenvalue weighted by molar-refractivity contribution is 7.14. The van der Waals surface area contributed by atoms with Crippen LogP contribution in [0.1, 0.15) is 53.4 Å². The number of ether oxygens (including phenoxy) is 5. The van der Waals surface area contributed by atoms with E-state index in [2.05, 4.69) is 46.0 Å². The standard InChI is InChI=1S/C59H75ClF2N12O10S/c1-70(22-3-4-29-83-50-15-7-43(8-16-50)9-20-54(76)74(41-52(61)62)56(45-10-19-53(75)63-39-45)57(78)64-38-44-5-11-46(60)12-6-44)27-31-81-34-33-80-30-21-48-40-73(69-68-48)28-32-82-35-36-84-51-17-13-47(14-18-51)65-58(79)67-59-66-49(42-85-59)37-55(77)72-25-23-71(2)24-26-72/h5-8,10-19,39-40,42,52,56H,3-4,9,20-38,41H2,1-2H3,(H,63,75)(H,64,78)(H2,65,66,67,79). The van der Waals surface area contributed by atoms with E-state index in [4.69, 9.17) is 35.3 Å². The van der Waals surface area contributed by atoms with Gasteiger partial charge in [0.2, 0.25) is 23.3 Å². The van der Waals surface area contributed by atoms with Gasteiger partial charge in [-0.15, -0.1) is 16.4 Å². The molecule has 4 heterocycles. The summed E-state index contributed by atoms with van der Waals surface area (Å²) in [5, 5.41) is 19.4. The van der Waals surface area contributed by atoms with Crippen molar-refractivity contribution >= 4 is 57.5 Å². The molecule has 0 aliphatic carbocycles. The van der Waals surface area contributed by atoms with E-state index in [0.717, 1.165) is 60.7 Å². The summed E-state index contributed by atoms with van der Waals surface area (Å²) in [6.07, 6.45) is 2.90. The number of halogens is 3. The Morgan fingerprint density at radius 3 is 2.19 bits per heavy atom. The lowest BCUT2D eigenvalue weighted by Gasteiger charge is -2.32. The average Bonchev–Trinajstić information content (AvgIpc) is 4.20. The molecule has 26 heteroatoms. The molecule has 5 amide bonds. The Labute approximate surface area is 502 Å². The predicted octanol–water partition coefficient (Wildman–Crippen LogP) is 6.58. The fourth-order valence-corrected chi connectivity index (χ4v) is 9.64. The molecule has 458 valence electrons. The van der Waals surface area contributed by atoms with E-state index in [1.165, 1.54) is 29.7 Å². The van der Waals surface area contributed by atoms with Crippen LogP contribution in [0.5, 0.6) is 11.5 Å². The highest BCUT2D eigenvalue weighted by Gasteiger charge is 2.33. The molecular formula is C59H75ClF2N12O10S. The third-order valence-corrected chi connectivity index (χ3v) is 14.6. The first-order valence-electron chi connectivity index (χ1n) is 28.3. The molecule has 0 spiro atoms. The van der Waals surface area contributed by atoms with Gasteiger partial charge >= 0.3 is 6.03 Å². The van der Waals surface area contributed by atoms with Crippen molar-refractivity contribution in [3.8, 4) is 11.5 Å². The van der Waals surface area contributed by atoms with Crippen LogP contribution in [0.25, 0.3) is 0 Å². The summed E-state index contributed by atoms with van der Waals surface area (Å²) in [6.45, 7) is 8.06. The number of unbranched alkanes of at least 4 members (excludes halogenated alkanes) is 1. The van der Waals surface area contributed by atoms with E-state index in [1.54, 1.807) is 70.7 Å². The minimum Gasteiger partial charge on any atom is -0.494 e. The van der Waals surface area contributed by atoms with Gasteiger partial charge in [-0.25, -0.2) is 23.2 Å². The van der Waals surface area contributed by atoms with E-state index in [1.807, 2.05) is 37.3 Å². The number of carbonyl (C=O) groups excluding carboxylic acids is 4. The van der Waals surface area contributed by atoms with Crippen LogP contribution in [0.2, 0.25) is 5.02 Å². The van der Waals surface area contributed by atoms with Crippen molar-refractivity contribution in [1.82, 2.24) is 49.9 Å². The summed E-state index contributed by atoms with van der Waals surface area (Å²) in [5.74, 6) is 0.0186. The Kier molecular flexibility index (Phi) is 27.0. The van der Waals surface area contributed by atoms with Gasteiger partial charge in [-0.2, -0.15) is 0 Å². The number of hydrogen-bond acceptors (Lipinski definition) is 16. The van der Waals surface area contributed by atoms with E-state index < -0.39 is 42.4 Å². The van der Waals surface area contributed by atoms with E-state index >= 15 is 0 Å². The predicted molar refractivity (Wildman–Crippen MR) is 318 cm³/mol. The maximum absolute atomic E-state index is 14.0. The van der Waals surface area contributed by atoms with Gasteiger partial charge in [-0.1, -0.05) is 41.1 Å². The number of piperazine rings is 1. The monoisotopic (exact) mass is 1220 g/mol. The van der Waals surface area contributed by atoms with Crippen LogP contribution in [0, 0.1) is 0 Å². The maximum atomic E-state index is 14.0. The number of thiazole rings is 1. The van der Waals surface area contributed by atoms with E-state index in [9.17, 15) is 32.8 Å². The zero-order chi connectivity index (χ0) is 60.2. The summed E-state index contributed by atoms with van der Waals surface area (Å²) in [7, 11) is 4.09. The molecular weight excluding hydrogens is 1140 g/mol. The molecule has 3 aromatic carbocycles. The maximum Gasteiger partial charge on any atom is 0.325 e. The number of aromatic nitrogens is 5. The van der Waals surface area contributed by atoms with Crippen LogP contribution in [0.15, 0.2) is 107 Å². The van der Waals surface area contributed by atoms with E-state index in [-0.39, 0.29) is 37.3 Å². The molecule has 1 aliphatic rings. The zero-order valence-corrected chi connectivity index (χ0v) is 49.5. The molecule has 0 radical (unpaired) electrons. The van der Waals surface area contributed by atoms with Crippen molar-refractivity contribution in [2.75, 3.05) is 123 Å². The number of hydrogen-bond donors (Lipinski definition) is 4. The number of alkyl halides is 2. The molecule has 7 rings (SSSR count). The molecule has 1 aliphatic heterocycles. The average molecular weight is 1220 g/mol. The number of carbonyl (C=O) groups is 4. The summed E-state index contributed by atoms with van der Waals surface area (Å²) >= 11 is 7.25. The minimum absolute atomic E-state index is 0.0386. The van der Waals surface area contributed by atoms with Gasteiger partial charge in [0.05, 0.1) is 77.1 Å². The Bertz CT molecular complexity index is 3020. The van der Waals surface area contributed by atoms with Crippen molar-refractivity contribution in [2.24, 2.45) is 0 Å². The number of aromatic amines is 1. The van der Waals surface area contributed by atoms with Gasteiger partial charge in [0.1, 0.15) is 24.1 Å². The topological polar surface area (TPSA) is 240 Å². The molecule has 1 atom stereocenters. The lowest BCUT2D eigenvalue weighted by molar-refractivity contribution is -0.143. The normalized spacial score (nSPS) is 13.0. The number of benzene rings is 3. The Balaban J connectivity index is 0.666. The molecule has 1 unspecified atom stereocenters. The molecule has 6 aromatic rings. The number of amides is 5. The van der Waals surface area contributed by atoms with Gasteiger partial charge in [-0.3, -0.25) is 24.5 Å².